The lowest BCUT2D eigenvalue weighted by molar-refractivity contribution is -0.128. The summed E-state index contributed by atoms with van der Waals surface area (Å²) in [6.07, 6.45) is 1.16. The summed E-state index contributed by atoms with van der Waals surface area (Å²) in [4.78, 5) is 11.5. The van der Waals surface area contributed by atoms with Crippen molar-refractivity contribution in [2.75, 3.05) is 26.7 Å². The van der Waals surface area contributed by atoms with Crippen molar-refractivity contribution in [3.63, 3.8) is 0 Å². The van der Waals surface area contributed by atoms with E-state index >= 15 is 0 Å². The molecule has 0 aromatic rings. The summed E-state index contributed by atoms with van der Waals surface area (Å²) in [6, 6.07) is 0.527. The van der Waals surface area contributed by atoms with Gasteiger partial charge in [-0.1, -0.05) is 0 Å². The summed E-state index contributed by atoms with van der Waals surface area (Å²) in [5.74, 6) is 0.0935. The summed E-state index contributed by atoms with van der Waals surface area (Å²) < 4.78 is 0. The monoisotopic (exact) mass is 199 g/mol. The van der Waals surface area contributed by atoms with Gasteiger partial charge in [-0.25, -0.2) is 0 Å². The van der Waals surface area contributed by atoms with Crippen LogP contribution in [0.1, 0.15) is 20.3 Å². The first-order valence-corrected chi connectivity index (χ1v) is 5.22. The van der Waals surface area contributed by atoms with Gasteiger partial charge in [0.1, 0.15) is 0 Å². The topological polar surface area (TPSA) is 53.2 Å². The van der Waals surface area contributed by atoms with Crippen LogP contribution in [0.3, 0.4) is 0 Å². The summed E-state index contributed by atoms with van der Waals surface area (Å²) in [6.45, 7) is 6.75. The van der Waals surface area contributed by atoms with Crippen molar-refractivity contribution < 1.29 is 4.79 Å². The predicted octanol–water partition coefficient (Wildman–Crippen LogP) is -0.290. The van der Waals surface area contributed by atoms with E-state index in [1.165, 1.54) is 0 Å². The Labute approximate surface area is 85.8 Å². The van der Waals surface area contributed by atoms with Crippen molar-refractivity contribution in [3.8, 4) is 0 Å². The summed E-state index contributed by atoms with van der Waals surface area (Å²) in [5.41, 5.74) is -0.322. The summed E-state index contributed by atoms with van der Waals surface area (Å²) in [7, 11) is 1.68. The molecule has 0 spiro atoms. The Bertz CT molecular complexity index is 198. The third-order valence-corrected chi connectivity index (χ3v) is 2.73. The third-order valence-electron chi connectivity index (χ3n) is 2.73. The number of hydrogen-bond donors (Lipinski definition) is 3. The van der Waals surface area contributed by atoms with E-state index < -0.39 is 0 Å². The molecule has 0 saturated carbocycles. The van der Waals surface area contributed by atoms with Crippen molar-refractivity contribution in [2.24, 2.45) is 5.41 Å². The molecule has 0 aromatic heterocycles. The van der Waals surface area contributed by atoms with E-state index in [2.05, 4.69) is 16.0 Å². The van der Waals surface area contributed by atoms with Crippen LogP contribution in [0, 0.1) is 5.41 Å². The molecule has 1 amide bonds. The highest BCUT2D eigenvalue weighted by Crippen LogP contribution is 2.14. The summed E-state index contributed by atoms with van der Waals surface area (Å²) >= 11 is 0. The number of nitrogens with one attached hydrogen (secondary N) is 3. The molecule has 0 radical (unpaired) electrons. The quantitative estimate of drug-likeness (QED) is 0.583. The molecule has 1 aliphatic rings. The van der Waals surface area contributed by atoms with Crippen molar-refractivity contribution >= 4 is 5.91 Å². The van der Waals surface area contributed by atoms with Crippen molar-refractivity contribution in [2.45, 2.75) is 26.3 Å². The number of amides is 1. The molecular weight excluding hydrogens is 178 g/mol. The minimum absolute atomic E-state index is 0.0935. The maximum atomic E-state index is 11.5. The van der Waals surface area contributed by atoms with E-state index in [4.69, 9.17) is 0 Å². The smallest absolute Gasteiger partial charge is 0.226 e. The molecule has 1 atom stereocenters. The van der Waals surface area contributed by atoms with Crippen LogP contribution in [0.2, 0.25) is 0 Å². The molecule has 4 nitrogen and oxygen atoms in total. The highest BCUT2D eigenvalue weighted by Gasteiger charge is 2.27. The minimum atomic E-state index is -0.322. The molecule has 14 heavy (non-hydrogen) atoms. The molecule has 4 heteroatoms. The average molecular weight is 199 g/mol. The lowest BCUT2D eigenvalue weighted by atomic mass is 9.92. The van der Waals surface area contributed by atoms with E-state index in [1.807, 2.05) is 13.8 Å². The van der Waals surface area contributed by atoms with Crippen LogP contribution < -0.4 is 16.0 Å². The van der Waals surface area contributed by atoms with Gasteiger partial charge < -0.3 is 16.0 Å². The Kier molecular flexibility index (Phi) is 3.89. The molecule has 0 bridgehead atoms. The number of hydrogen-bond acceptors (Lipinski definition) is 3. The number of carbonyl (C=O) groups excluding carboxylic acids is 1. The largest absolute Gasteiger partial charge is 0.359 e. The fourth-order valence-corrected chi connectivity index (χ4v) is 1.65. The fraction of sp³-hybridized carbons (Fsp3) is 0.900. The zero-order valence-corrected chi connectivity index (χ0v) is 9.31. The van der Waals surface area contributed by atoms with Gasteiger partial charge in [0.25, 0.3) is 0 Å². The SMILES string of the molecule is CNC(=O)C(C)(C)CNC1CCNC1. The van der Waals surface area contributed by atoms with Crippen LogP contribution in [0.5, 0.6) is 0 Å². The molecule has 1 saturated heterocycles. The third kappa shape index (κ3) is 2.96. The molecule has 1 fully saturated rings. The maximum Gasteiger partial charge on any atom is 0.226 e. The first-order valence-electron chi connectivity index (χ1n) is 5.22. The van der Waals surface area contributed by atoms with Gasteiger partial charge in [-0.3, -0.25) is 4.79 Å². The van der Waals surface area contributed by atoms with Crippen LogP contribution in [-0.4, -0.2) is 38.6 Å². The molecule has 3 N–H and O–H groups in total. The molecule has 0 aromatic carbocycles. The maximum absolute atomic E-state index is 11.5. The standard InChI is InChI=1S/C10H21N3O/c1-10(2,9(14)11-3)7-13-8-4-5-12-6-8/h8,12-13H,4-7H2,1-3H3,(H,11,14). The van der Waals surface area contributed by atoms with Gasteiger partial charge in [0.2, 0.25) is 5.91 Å². The number of rotatable bonds is 4. The molecular formula is C10H21N3O. The molecule has 1 heterocycles. The number of carbonyl (C=O) groups is 1. The zero-order chi connectivity index (χ0) is 10.6. The second-order valence-corrected chi connectivity index (χ2v) is 4.53. The lowest BCUT2D eigenvalue weighted by Crippen LogP contribution is -2.45. The van der Waals surface area contributed by atoms with E-state index in [9.17, 15) is 4.79 Å². The minimum Gasteiger partial charge on any atom is -0.359 e. The Morgan fingerprint density at radius 1 is 1.57 bits per heavy atom. The van der Waals surface area contributed by atoms with Gasteiger partial charge in [0.05, 0.1) is 5.41 Å². The van der Waals surface area contributed by atoms with Crippen molar-refractivity contribution in [3.05, 3.63) is 0 Å². The Morgan fingerprint density at radius 3 is 2.79 bits per heavy atom. The first kappa shape index (κ1) is 11.5. The molecule has 0 aliphatic carbocycles. The van der Waals surface area contributed by atoms with Crippen LogP contribution in [0.25, 0.3) is 0 Å². The van der Waals surface area contributed by atoms with Gasteiger partial charge in [-0.2, -0.15) is 0 Å². The van der Waals surface area contributed by atoms with E-state index in [0.717, 1.165) is 26.1 Å². The lowest BCUT2D eigenvalue weighted by Gasteiger charge is -2.24. The first-order chi connectivity index (χ1) is 6.56. The molecule has 1 aliphatic heterocycles. The molecule has 82 valence electrons. The fourth-order valence-electron chi connectivity index (χ4n) is 1.65. The average Bonchev–Trinajstić information content (AvgIpc) is 2.66. The van der Waals surface area contributed by atoms with Crippen LogP contribution in [-0.2, 0) is 4.79 Å². The van der Waals surface area contributed by atoms with Crippen molar-refractivity contribution in [1.82, 2.24) is 16.0 Å². The van der Waals surface area contributed by atoms with E-state index in [-0.39, 0.29) is 11.3 Å². The van der Waals surface area contributed by atoms with Gasteiger partial charge in [0.15, 0.2) is 0 Å². The molecule has 1 unspecified atom stereocenters. The van der Waals surface area contributed by atoms with Crippen LogP contribution >= 0.6 is 0 Å². The Morgan fingerprint density at radius 2 is 2.29 bits per heavy atom. The van der Waals surface area contributed by atoms with Crippen LogP contribution in [0.4, 0.5) is 0 Å². The normalized spacial score (nSPS) is 22.4. The van der Waals surface area contributed by atoms with E-state index in [1.54, 1.807) is 7.05 Å². The van der Waals surface area contributed by atoms with E-state index in [0.29, 0.717) is 6.04 Å². The van der Waals surface area contributed by atoms with Crippen LogP contribution in [0.15, 0.2) is 0 Å². The zero-order valence-electron chi connectivity index (χ0n) is 9.31. The van der Waals surface area contributed by atoms with Gasteiger partial charge in [-0.05, 0) is 26.8 Å². The van der Waals surface area contributed by atoms with Gasteiger partial charge >= 0.3 is 0 Å². The summed E-state index contributed by atoms with van der Waals surface area (Å²) in [5, 5.41) is 9.39. The highest BCUT2D eigenvalue weighted by molar-refractivity contribution is 5.81. The van der Waals surface area contributed by atoms with Gasteiger partial charge in [0, 0.05) is 26.2 Å². The molecule has 1 rings (SSSR count). The Balaban J connectivity index is 2.31. The second-order valence-electron chi connectivity index (χ2n) is 4.53. The Hall–Kier alpha value is -0.610. The van der Waals surface area contributed by atoms with Crippen molar-refractivity contribution in [1.29, 1.82) is 0 Å². The van der Waals surface area contributed by atoms with Gasteiger partial charge in [-0.15, -0.1) is 0 Å². The predicted molar refractivity (Wildman–Crippen MR) is 57.1 cm³/mol. The highest BCUT2D eigenvalue weighted by atomic mass is 16.2. The second kappa shape index (κ2) is 4.75.